The van der Waals surface area contributed by atoms with Gasteiger partial charge in [-0.2, -0.15) is 4.98 Å². The van der Waals surface area contributed by atoms with Gasteiger partial charge in [0.2, 0.25) is 3.79 Å². The molecule has 1 aromatic rings. The average Bonchev–Trinajstić information content (AvgIpc) is 2.56. The zero-order chi connectivity index (χ0) is 19.3. The number of aromatic nitrogens is 2. The molecule has 2 heterocycles. The Hall–Kier alpha value is -2.17. The summed E-state index contributed by atoms with van der Waals surface area (Å²) >= 11 is 16.4. The molecule has 10 nitrogen and oxygen atoms in total. The van der Waals surface area contributed by atoms with Gasteiger partial charge in [-0.25, -0.2) is 9.59 Å². The van der Waals surface area contributed by atoms with Crippen molar-refractivity contribution in [3.05, 3.63) is 23.8 Å². The lowest BCUT2D eigenvalue weighted by molar-refractivity contribution is 0.150. The van der Waals surface area contributed by atoms with E-state index in [1.54, 1.807) is 4.90 Å². The van der Waals surface area contributed by atoms with Gasteiger partial charge in [0.15, 0.2) is 5.82 Å². The molecule has 1 aromatic heterocycles. The van der Waals surface area contributed by atoms with Gasteiger partial charge in [0.25, 0.3) is 5.62 Å². The largest absolute Gasteiger partial charge is 0.465 e. The van der Waals surface area contributed by atoms with E-state index < -0.39 is 28.2 Å². The summed E-state index contributed by atoms with van der Waals surface area (Å²) in [6.07, 6.45) is 2.05. The van der Waals surface area contributed by atoms with Crippen LogP contribution in [0.4, 0.5) is 21.2 Å². The van der Waals surface area contributed by atoms with Gasteiger partial charge >= 0.3 is 12.2 Å². The van der Waals surface area contributed by atoms with Crippen molar-refractivity contribution < 1.29 is 24.6 Å². The lowest BCUT2D eigenvalue weighted by atomic mass is 10.2. The molecule has 0 radical (unpaired) electrons. The minimum absolute atomic E-state index is 0.259. The topological polar surface area (TPSA) is 129 Å². The van der Waals surface area contributed by atoms with Gasteiger partial charge in [-0.1, -0.05) is 47.0 Å². The smallest absolute Gasteiger partial charge is 0.437 e. The van der Waals surface area contributed by atoms with Crippen LogP contribution in [0.25, 0.3) is 0 Å². The van der Waals surface area contributed by atoms with E-state index in [1.165, 1.54) is 6.07 Å². The van der Waals surface area contributed by atoms with E-state index in [4.69, 9.17) is 39.9 Å². The second kappa shape index (κ2) is 8.47. The Morgan fingerprint density at radius 2 is 2.12 bits per heavy atom. The fourth-order valence-corrected chi connectivity index (χ4v) is 2.18. The maximum atomic E-state index is 11.7. The van der Waals surface area contributed by atoms with Crippen LogP contribution in [0.2, 0.25) is 0 Å². The number of rotatable bonds is 3. The van der Waals surface area contributed by atoms with Crippen LogP contribution >= 0.6 is 34.8 Å². The van der Waals surface area contributed by atoms with Crippen molar-refractivity contribution >= 4 is 58.6 Å². The van der Waals surface area contributed by atoms with Crippen LogP contribution in [0.3, 0.4) is 0 Å². The van der Waals surface area contributed by atoms with Crippen LogP contribution in [-0.2, 0) is 4.74 Å². The van der Waals surface area contributed by atoms with Crippen molar-refractivity contribution in [3.8, 4) is 0 Å². The van der Waals surface area contributed by atoms with Crippen molar-refractivity contribution in [2.45, 2.75) is 10.2 Å². The molecular formula is C13H14Cl3N5O5. The number of nitrogens with zero attached hydrogens (tertiary/aromatic N) is 4. The molecule has 2 amide bonds. The molecular weight excluding hydrogens is 413 g/mol. The molecule has 0 bridgehead atoms. The van der Waals surface area contributed by atoms with Crippen molar-refractivity contribution in [3.63, 3.8) is 0 Å². The molecule has 142 valence electrons. The normalized spacial score (nSPS) is 15.0. The van der Waals surface area contributed by atoms with E-state index in [-0.39, 0.29) is 5.82 Å². The minimum Gasteiger partial charge on any atom is -0.465 e. The van der Waals surface area contributed by atoms with E-state index in [2.05, 4.69) is 14.7 Å². The molecule has 1 aliphatic rings. The zero-order valence-corrected chi connectivity index (χ0v) is 15.4. The molecule has 1 aliphatic heterocycles. The lowest BCUT2D eigenvalue weighted by Gasteiger charge is -2.25. The highest BCUT2D eigenvalue weighted by Gasteiger charge is 2.22. The number of alkyl halides is 3. The highest BCUT2D eigenvalue weighted by Crippen LogP contribution is 2.26. The summed E-state index contributed by atoms with van der Waals surface area (Å²) in [7, 11) is 0. The first-order valence-corrected chi connectivity index (χ1v) is 8.30. The zero-order valence-electron chi connectivity index (χ0n) is 13.1. The molecule has 0 atom stereocenters. The number of carbonyl (C=O) groups excluding carboxylic acids is 1. The lowest BCUT2D eigenvalue weighted by Crippen LogP contribution is -2.34. The summed E-state index contributed by atoms with van der Waals surface area (Å²) in [6.45, 7) is 0.566. The fraction of sp³-hybridized carbons (Fsp3) is 0.385. The highest BCUT2D eigenvalue weighted by molar-refractivity contribution is 6.67. The monoisotopic (exact) mass is 425 g/mol. The number of carboxylic acid groups (broad SMARTS) is 1. The van der Waals surface area contributed by atoms with Crippen molar-refractivity contribution in [1.82, 2.24) is 9.71 Å². The third-order valence-electron chi connectivity index (χ3n) is 3.07. The summed E-state index contributed by atoms with van der Waals surface area (Å²) in [5.41, 5.74) is -0.505. The van der Waals surface area contributed by atoms with Crippen LogP contribution in [0.1, 0.15) is 6.42 Å². The van der Waals surface area contributed by atoms with E-state index >= 15 is 0 Å². The molecule has 0 saturated carbocycles. The number of ether oxygens (including phenoxy) is 1. The van der Waals surface area contributed by atoms with Gasteiger partial charge in [0.1, 0.15) is 12.4 Å². The van der Waals surface area contributed by atoms with Crippen molar-refractivity contribution in [2.24, 2.45) is 4.99 Å². The Balaban J connectivity index is 2.39. The van der Waals surface area contributed by atoms with Gasteiger partial charge in [-0.05, 0) is 6.42 Å². The maximum Gasteiger partial charge on any atom is 0.437 e. The number of carbonyl (C=O) groups is 2. The number of amides is 2. The Labute approximate surface area is 162 Å². The number of hydrogen-bond acceptors (Lipinski definition) is 6. The second-order valence-corrected chi connectivity index (χ2v) is 7.55. The molecule has 26 heavy (non-hydrogen) atoms. The third kappa shape index (κ3) is 5.97. The second-order valence-electron chi connectivity index (χ2n) is 5.03. The average molecular weight is 427 g/mol. The highest BCUT2D eigenvalue weighted by atomic mass is 35.6. The Morgan fingerprint density at radius 1 is 1.38 bits per heavy atom. The van der Waals surface area contributed by atoms with Crippen LogP contribution in [0.15, 0.2) is 23.2 Å². The Morgan fingerprint density at radius 3 is 2.69 bits per heavy atom. The molecule has 0 saturated heterocycles. The maximum absolute atomic E-state index is 11.7. The first-order valence-electron chi connectivity index (χ1n) is 7.17. The molecule has 0 aromatic carbocycles. The van der Waals surface area contributed by atoms with Gasteiger partial charge in [0, 0.05) is 19.2 Å². The van der Waals surface area contributed by atoms with Crippen LogP contribution in [0.5, 0.6) is 0 Å². The first kappa shape index (κ1) is 20.1. The number of anilines is 2. The first-order chi connectivity index (χ1) is 12.2. The van der Waals surface area contributed by atoms with Crippen LogP contribution in [0, 0.1) is 0 Å². The van der Waals surface area contributed by atoms with Gasteiger partial charge in [-0.3, -0.25) is 5.32 Å². The fourth-order valence-electron chi connectivity index (χ4n) is 2.01. The minimum atomic E-state index is -1.83. The molecule has 0 unspecified atom stereocenters. The quantitative estimate of drug-likeness (QED) is 0.384. The summed E-state index contributed by atoms with van der Waals surface area (Å²) in [4.78, 5) is 32.0. The Kier molecular flexibility index (Phi) is 6.57. The molecule has 3 N–H and O–H groups in total. The molecule has 0 fully saturated rings. The molecule has 2 rings (SSSR count). The Bertz CT molecular complexity index is 789. The number of hydrogen-bond donors (Lipinski definition) is 3. The molecule has 0 aliphatic carbocycles. The summed E-state index contributed by atoms with van der Waals surface area (Å²) < 4.78 is 3.12. The summed E-state index contributed by atoms with van der Waals surface area (Å²) in [5, 5.41) is 20.9. The summed E-state index contributed by atoms with van der Waals surface area (Å²) in [5.74, 6) is 0.0429. The standard InChI is InChI=1S/C13H14Cl3N5O5/c14-13(15,16)7-26-12(24)19-10-17-8(20-4-2-1-3-5-20)6-9(21(10)25)18-11(22)23/h1-2,6,18,25H,3-5,7H2,(H,22,23). The van der Waals surface area contributed by atoms with E-state index in [0.717, 1.165) is 6.42 Å². The van der Waals surface area contributed by atoms with Crippen LogP contribution in [-0.4, -0.2) is 55.7 Å². The molecule has 0 spiro atoms. The number of nitrogens with one attached hydrogen (secondary N) is 1. The predicted molar refractivity (Wildman–Crippen MR) is 94.2 cm³/mol. The predicted octanol–water partition coefficient (Wildman–Crippen LogP) is 2.38. The molecule has 13 heteroatoms. The SMILES string of the molecule is O=C(O)Nc1cc(N2CC=CCC2)nc(=NC(=O)OCC(Cl)(Cl)Cl)n1O. The van der Waals surface area contributed by atoms with Gasteiger partial charge < -0.3 is 20.0 Å². The van der Waals surface area contributed by atoms with Crippen molar-refractivity contribution in [1.29, 1.82) is 0 Å². The van der Waals surface area contributed by atoms with E-state index in [9.17, 15) is 14.8 Å². The van der Waals surface area contributed by atoms with Gasteiger partial charge in [0.05, 0.1) is 0 Å². The van der Waals surface area contributed by atoms with E-state index in [0.29, 0.717) is 23.6 Å². The van der Waals surface area contributed by atoms with Crippen molar-refractivity contribution in [2.75, 3.05) is 29.9 Å². The van der Waals surface area contributed by atoms with E-state index in [1.807, 2.05) is 17.5 Å². The van der Waals surface area contributed by atoms with Gasteiger partial charge in [-0.15, -0.1) is 9.72 Å². The third-order valence-corrected chi connectivity index (χ3v) is 3.39. The van der Waals surface area contributed by atoms with Crippen LogP contribution < -0.4 is 15.8 Å². The summed E-state index contributed by atoms with van der Waals surface area (Å²) in [6, 6.07) is 1.30. The number of halogens is 3.